The third kappa shape index (κ3) is 2.94. The Kier molecular flexibility index (Phi) is 3.91. The molecule has 3 atom stereocenters. The van der Waals surface area contributed by atoms with Crippen LogP contribution in [0.25, 0.3) is 0 Å². The minimum Gasteiger partial charge on any atom is -0.464 e. The topological polar surface area (TPSA) is 42.4 Å². The van der Waals surface area contributed by atoms with E-state index in [-0.39, 0.29) is 6.04 Å². The molecule has 2 aliphatic rings. The maximum atomic E-state index is 6.15. The number of nitrogens with two attached hydrogens (primary N) is 1. The summed E-state index contributed by atoms with van der Waals surface area (Å²) in [6.07, 6.45) is 3.91. The molecule has 2 N–H and O–H groups in total. The van der Waals surface area contributed by atoms with Crippen LogP contribution in [0.4, 0.5) is 0 Å². The van der Waals surface area contributed by atoms with Crippen molar-refractivity contribution >= 4 is 0 Å². The lowest BCUT2D eigenvalue weighted by Crippen LogP contribution is -2.37. The minimum atomic E-state index is 0.257. The lowest BCUT2D eigenvalue weighted by Gasteiger charge is -2.31. The molecule has 0 bridgehead atoms. The summed E-state index contributed by atoms with van der Waals surface area (Å²) in [5, 5.41) is 0. The van der Waals surface area contributed by atoms with E-state index >= 15 is 0 Å². The molecule has 0 radical (unpaired) electrons. The molecule has 0 saturated heterocycles. The predicted octanol–water partition coefficient (Wildman–Crippen LogP) is 3.52. The van der Waals surface area contributed by atoms with Crippen LogP contribution in [0.2, 0.25) is 0 Å². The second-order valence-electron chi connectivity index (χ2n) is 7.13. The Balaban J connectivity index is 1.75. The first-order valence-electron chi connectivity index (χ1n) is 8.15. The summed E-state index contributed by atoms with van der Waals surface area (Å²) in [7, 11) is 0. The van der Waals surface area contributed by atoms with Crippen molar-refractivity contribution in [2.45, 2.75) is 58.0 Å². The summed E-state index contributed by atoms with van der Waals surface area (Å²) in [6, 6.07) is 5.31. The summed E-state index contributed by atoms with van der Waals surface area (Å²) in [6.45, 7) is 8.62. The van der Waals surface area contributed by atoms with Crippen molar-refractivity contribution in [1.82, 2.24) is 4.90 Å². The molecule has 3 heteroatoms. The molecule has 0 amide bonds. The zero-order valence-corrected chi connectivity index (χ0v) is 13.0. The van der Waals surface area contributed by atoms with E-state index in [2.05, 4.69) is 37.8 Å². The molecule has 2 saturated carbocycles. The van der Waals surface area contributed by atoms with Crippen molar-refractivity contribution in [3.8, 4) is 0 Å². The SMILES string of the molecule is CC(C)CN(C1CC1)C(CN)c1ccc(C2CC2C)o1. The number of furan rings is 1. The third-order valence-electron chi connectivity index (χ3n) is 4.67. The minimum absolute atomic E-state index is 0.257. The van der Waals surface area contributed by atoms with E-state index in [4.69, 9.17) is 10.2 Å². The van der Waals surface area contributed by atoms with E-state index in [1.165, 1.54) is 25.0 Å². The highest BCUT2D eigenvalue weighted by Crippen LogP contribution is 2.48. The molecule has 20 heavy (non-hydrogen) atoms. The standard InChI is InChI=1S/C17H28N2O/c1-11(2)10-19(13-4-5-13)15(9-18)17-7-6-16(20-17)14-8-12(14)3/h6-7,11-15H,4-5,8-10,18H2,1-3H3. The maximum absolute atomic E-state index is 6.15. The monoisotopic (exact) mass is 276 g/mol. The van der Waals surface area contributed by atoms with Gasteiger partial charge in [-0.2, -0.15) is 0 Å². The van der Waals surface area contributed by atoms with Crippen LogP contribution in [0.15, 0.2) is 16.5 Å². The van der Waals surface area contributed by atoms with Crippen molar-refractivity contribution in [3.63, 3.8) is 0 Å². The van der Waals surface area contributed by atoms with Gasteiger partial charge in [0.05, 0.1) is 6.04 Å². The summed E-state index contributed by atoms with van der Waals surface area (Å²) >= 11 is 0. The lowest BCUT2D eigenvalue weighted by molar-refractivity contribution is 0.149. The summed E-state index contributed by atoms with van der Waals surface area (Å²) < 4.78 is 6.15. The Labute approximate surface area is 122 Å². The molecule has 1 aromatic heterocycles. The molecule has 1 heterocycles. The highest BCUT2D eigenvalue weighted by atomic mass is 16.3. The molecule has 1 aromatic rings. The largest absolute Gasteiger partial charge is 0.464 e. The van der Waals surface area contributed by atoms with Gasteiger partial charge >= 0.3 is 0 Å². The van der Waals surface area contributed by atoms with Crippen LogP contribution < -0.4 is 5.73 Å². The van der Waals surface area contributed by atoms with Gasteiger partial charge in [-0.25, -0.2) is 0 Å². The van der Waals surface area contributed by atoms with Gasteiger partial charge in [-0.15, -0.1) is 0 Å². The first-order chi connectivity index (χ1) is 9.60. The van der Waals surface area contributed by atoms with Crippen LogP contribution in [0.5, 0.6) is 0 Å². The molecule has 0 aromatic carbocycles. The van der Waals surface area contributed by atoms with Gasteiger partial charge in [-0.1, -0.05) is 20.8 Å². The molecule has 2 aliphatic carbocycles. The first kappa shape index (κ1) is 14.2. The Morgan fingerprint density at radius 2 is 2.05 bits per heavy atom. The Morgan fingerprint density at radius 1 is 1.35 bits per heavy atom. The van der Waals surface area contributed by atoms with Gasteiger partial charge in [0, 0.05) is 25.0 Å². The highest BCUT2D eigenvalue weighted by Gasteiger charge is 2.39. The van der Waals surface area contributed by atoms with Crippen LogP contribution >= 0.6 is 0 Å². The van der Waals surface area contributed by atoms with Gasteiger partial charge in [0.1, 0.15) is 11.5 Å². The fourth-order valence-corrected chi connectivity index (χ4v) is 3.24. The van der Waals surface area contributed by atoms with Crippen LogP contribution in [0.1, 0.15) is 63.5 Å². The zero-order valence-electron chi connectivity index (χ0n) is 13.0. The second kappa shape index (κ2) is 5.53. The van der Waals surface area contributed by atoms with E-state index in [1.54, 1.807) is 0 Å². The van der Waals surface area contributed by atoms with E-state index in [1.807, 2.05) is 0 Å². The summed E-state index contributed by atoms with van der Waals surface area (Å²) in [4.78, 5) is 2.57. The van der Waals surface area contributed by atoms with Gasteiger partial charge in [0.2, 0.25) is 0 Å². The zero-order chi connectivity index (χ0) is 14.3. The van der Waals surface area contributed by atoms with Crippen LogP contribution in [0, 0.1) is 11.8 Å². The molecule has 2 fully saturated rings. The van der Waals surface area contributed by atoms with Crippen molar-refractivity contribution in [2.24, 2.45) is 17.6 Å². The Bertz CT molecular complexity index is 450. The van der Waals surface area contributed by atoms with Crippen molar-refractivity contribution in [3.05, 3.63) is 23.7 Å². The molecule has 3 nitrogen and oxygen atoms in total. The van der Waals surface area contributed by atoms with E-state index in [0.717, 1.165) is 24.3 Å². The summed E-state index contributed by atoms with van der Waals surface area (Å²) in [5.41, 5.74) is 6.07. The van der Waals surface area contributed by atoms with Crippen molar-refractivity contribution < 1.29 is 4.42 Å². The van der Waals surface area contributed by atoms with Crippen LogP contribution in [0.3, 0.4) is 0 Å². The molecule has 3 unspecified atom stereocenters. The molecular formula is C17H28N2O. The van der Waals surface area contributed by atoms with Crippen LogP contribution in [-0.4, -0.2) is 24.0 Å². The normalized spacial score (nSPS) is 27.3. The fourth-order valence-electron chi connectivity index (χ4n) is 3.24. The Hall–Kier alpha value is -0.800. The van der Waals surface area contributed by atoms with Crippen LogP contribution in [-0.2, 0) is 0 Å². The van der Waals surface area contributed by atoms with Gasteiger partial charge in [-0.05, 0) is 43.2 Å². The summed E-state index contributed by atoms with van der Waals surface area (Å²) in [5.74, 6) is 4.37. The smallest absolute Gasteiger partial charge is 0.122 e. The van der Waals surface area contributed by atoms with Crippen molar-refractivity contribution in [2.75, 3.05) is 13.1 Å². The van der Waals surface area contributed by atoms with Gasteiger partial charge in [-0.3, -0.25) is 4.90 Å². The molecule has 0 aliphatic heterocycles. The van der Waals surface area contributed by atoms with Gasteiger partial charge in [0.15, 0.2) is 0 Å². The average molecular weight is 276 g/mol. The fraction of sp³-hybridized carbons (Fsp3) is 0.765. The number of hydrogen-bond donors (Lipinski definition) is 1. The molecular weight excluding hydrogens is 248 g/mol. The Morgan fingerprint density at radius 3 is 2.55 bits per heavy atom. The quantitative estimate of drug-likeness (QED) is 0.828. The number of nitrogens with zero attached hydrogens (tertiary/aromatic N) is 1. The van der Waals surface area contributed by atoms with E-state index < -0.39 is 0 Å². The second-order valence-corrected chi connectivity index (χ2v) is 7.13. The lowest BCUT2D eigenvalue weighted by atomic mass is 10.1. The van der Waals surface area contributed by atoms with Crippen molar-refractivity contribution in [1.29, 1.82) is 0 Å². The molecule has 3 rings (SSSR count). The molecule has 0 spiro atoms. The number of hydrogen-bond acceptors (Lipinski definition) is 3. The molecule has 112 valence electrons. The van der Waals surface area contributed by atoms with Gasteiger partial charge < -0.3 is 10.2 Å². The number of rotatable bonds is 7. The maximum Gasteiger partial charge on any atom is 0.122 e. The first-order valence-corrected chi connectivity index (χ1v) is 8.15. The predicted molar refractivity (Wildman–Crippen MR) is 81.6 cm³/mol. The average Bonchev–Trinajstić information content (AvgIpc) is 3.31. The van der Waals surface area contributed by atoms with E-state index in [0.29, 0.717) is 18.4 Å². The van der Waals surface area contributed by atoms with E-state index in [9.17, 15) is 0 Å². The third-order valence-corrected chi connectivity index (χ3v) is 4.67. The van der Waals surface area contributed by atoms with Gasteiger partial charge in [0.25, 0.3) is 0 Å². The highest BCUT2D eigenvalue weighted by molar-refractivity contribution is 5.20.